The molecule has 9 aromatic carbocycles. The van der Waals surface area contributed by atoms with Gasteiger partial charge in [-0.1, -0.05) is 199 Å². The number of aromatic nitrogens is 1. The van der Waals surface area contributed by atoms with Gasteiger partial charge < -0.3 is 40.6 Å². The van der Waals surface area contributed by atoms with Crippen molar-refractivity contribution in [2.75, 3.05) is 13.1 Å². The van der Waals surface area contributed by atoms with Crippen molar-refractivity contribution in [3.63, 3.8) is 0 Å². The molecule has 0 unspecified atom stereocenters. The molecule has 0 aliphatic rings. The molecule has 0 bridgehead atoms. The Morgan fingerprint density at radius 3 is 1.50 bits per heavy atom. The van der Waals surface area contributed by atoms with E-state index in [4.69, 9.17) is 35.4 Å². The number of para-hydroxylation sites is 2. The van der Waals surface area contributed by atoms with Crippen molar-refractivity contribution < 1.29 is 38.7 Å². The van der Waals surface area contributed by atoms with Crippen molar-refractivity contribution in [1.29, 1.82) is 0 Å². The third-order valence-electron chi connectivity index (χ3n) is 15.8. The van der Waals surface area contributed by atoms with E-state index in [1.165, 1.54) is 0 Å². The maximum Gasteiger partial charge on any atom is 0.320 e. The highest BCUT2D eigenvalue weighted by Crippen LogP contribution is 2.35. The standard InChI is InChI=1S/C75H77N5O8/c1-51-14-10-17-55(36-51)47-85-69-25-8-5-21-62(69)44-80(35-32-68(77)75(83)84)46-65-30-28-61-23-13-33-78-71(61)73(65)88-49-57-19-12-16-54(40-57)41-58-38-53(3)39-59(42-58)50-86-70-26-9-6-22-63(70)43-79(34-31-67(76)74(81)82)45-64-29-27-60-20-4-7-24-66(60)72(64)87-48-56-18-11-15-52(2)37-56/h4-30,33,36-40,42,67-68H,31-32,34-35,41,43-50,76-77H2,1-3H3,(H,81,82)(H,83,84)/t67-,68-/m0/s1. The summed E-state index contributed by atoms with van der Waals surface area (Å²) in [5, 5.41) is 22.6. The predicted octanol–water partition coefficient (Wildman–Crippen LogP) is 13.8. The summed E-state index contributed by atoms with van der Waals surface area (Å²) in [5.74, 6) is 0.887. The van der Waals surface area contributed by atoms with Gasteiger partial charge in [0.25, 0.3) is 0 Å². The second-order valence-electron chi connectivity index (χ2n) is 23.0. The van der Waals surface area contributed by atoms with Gasteiger partial charge in [-0.15, -0.1) is 0 Å². The Hall–Kier alpha value is -9.37. The number of carboxylic acids is 2. The Labute approximate surface area is 515 Å². The first-order valence-electron chi connectivity index (χ1n) is 30.0. The fourth-order valence-electron chi connectivity index (χ4n) is 11.3. The summed E-state index contributed by atoms with van der Waals surface area (Å²) in [7, 11) is 0. The zero-order valence-electron chi connectivity index (χ0n) is 50.3. The molecule has 0 saturated carbocycles. The molecule has 0 fully saturated rings. The van der Waals surface area contributed by atoms with E-state index in [0.29, 0.717) is 71.3 Å². The first kappa shape index (κ1) is 61.7. The molecule has 450 valence electrons. The minimum atomic E-state index is -1.04. The van der Waals surface area contributed by atoms with Crippen LogP contribution in [0.1, 0.15) is 85.2 Å². The molecule has 0 amide bonds. The molecule has 2 atom stereocenters. The van der Waals surface area contributed by atoms with E-state index in [2.05, 4.69) is 152 Å². The average molecular weight is 1180 g/mol. The number of nitrogens with two attached hydrogens (primary N) is 2. The van der Waals surface area contributed by atoms with Crippen LogP contribution in [-0.4, -0.2) is 62.1 Å². The Kier molecular flexibility index (Phi) is 20.9. The van der Waals surface area contributed by atoms with E-state index < -0.39 is 24.0 Å². The molecular formula is C75H77N5O8. The van der Waals surface area contributed by atoms with E-state index in [-0.39, 0.29) is 19.4 Å². The maximum atomic E-state index is 12.0. The third kappa shape index (κ3) is 17.0. The van der Waals surface area contributed by atoms with E-state index in [1.807, 2.05) is 78.9 Å². The number of aryl methyl sites for hydroxylation is 3. The molecule has 88 heavy (non-hydrogen) atoms. The highest BCUT2D eigenvalue weighted by Gasteiger charge is 2.22. The smallest absolute Gasteiger partial charge is 0.320 e. The van der Waals surface area contributed by atoms with Gasteiger partial charge in [0, 0.05) is 78.5 Å². The van der Waals surface area contributed by atoms with Crippen LogP contribution in [0.2, 0.25) is 0 Å². The fraction of sp³-hybridized carbons (Fsp3) is 0.240. The van der Waals surface area contributed by atoms with Gasteiger partial charge in [0.15, 0.2) is 5.75 Å². The van der Waals surface area contributed by atoms with Crippen LogP contribution in [0.5, 0.6) is 23.0 Å². The van der Waals surface area contributed by atoms with Crippen LogP contribution in [0, 0.1) is 20.8 Å². The number of nitrogens with zero attached hydrogens (tertiary/aromatic N) is 3. The Bertz CT molecular complexity index is 4020. The summed E-state index contributed by atoms with van der Waals surface area (Å²) in [6.07, 6.45) is 2.96. The summed E-state index contributed by atoms with van der Waals surface area (Å²) in [5.41, 5.74) is 26.7. The van der Waals surface area contributed by atoms with E-state index >= 15 is 0 Å². The van der Waals surface area contributed by atoms with Crippen molar-refractivity contribution >= 4 is 33.6 Å². The van der Waals surface area contributed by atoms with Gasteiger partial charge >= 0.3 is 11.9 Å². The van der Waals surface area contributed by atoms with Crippen LogP contribution in [0.15, 0.2) is 206 Å². The van der Waals surface area contributed by atoms with E-state index in [0.717, 1.165) is 111 Å². The molecule has 0 saturated heterocycles. The van der Waals surface area contributed by atoms with Crippen LogP contribution >= 0.6 is 0 Å². The zero-order chi connectivity index (χ0) is 61.4. The van der Waals surface area contributed by atoms with Crippen molar-refractivity contribution in [3.05, 3.63) is 279 Å². The summed E-state index contributed by atoms with van der Waals surface area (Å²) < 4.78 is 26.6. The lowest BCUT2D eigenvalue weighted by Crippen LogP contribution is -2.35. The Balaban J connectivity index is 0.830. The Morgan fingerprint density at radius 2 is 0.886 bits per heavy atom. The number of fused-ring (bicyclic) bond motifs is 2. The van der Waals surface area contributed by atoms with Crippen molar-refractivity contribution in [1.82, 2.24) is 14.8 Å². The highest BCUT2D eigenvalue weighted by molar-refractivity contribution is 5.89. The lowest BCUT2D eigenvalue weighted by atomic mass is 9.99. The van der Waals surface area contributed by atoms with Gasteiger partial charge in [0.05, 0.1) is 0 Å². The molecule has 13 nitrogen and oxygen atoms in total. The third-order valence-corrected chi connectivity index (χ3v) is 15.8. The normalized spacial score (nSPS) is 12.1. The molecule has 13 heteroatoms. The number of benzene rings is 9. The van der Waals surface area contributed by atoms with Gasteiger partial charge in [-0.2, -0.15) is 0 Å². The number of carbonyl (C=O) groups is 2. The number of hydrogen-bond acceptors (Lipinski definition) is 11. The molecule has 0 aliphatic heterocycles. The van der Waals surface area contributed by atoms with Crippen molar-refractivity contribution in [3.8, 4) is 23.0 Å². The van der Waals surface area contributed by atoms with Crippen LogP contribution < -0.4 is 30.4 Å². The summed E-state index contributed by atoms with van der Waals surface area (Å²) in [6, 6.07) is 66.1. The quantitative estimate of drug-likeness (QED) is 0.0334. The molecular weight excluding hydrogens is 1100 g/mol. The maximum absolute atomic E-state index is 12.0. The first-order valence-corrected chi connectivity index (χ1v) is 30.0. The number of carboxylic acid groups (broad SMARTS) is 2. The van der Waals surface area contributed by atoms with Gasteiger partial charge in [-0.3, -0.25) is 24.4 Å². The lowest BCUT2D eigenvalue weighted by molar-refractivity contribution is -0.139. The minimum absolute atomic E-state index is 0.246. The molecule has 1 heterocycles. The number of rotatable bonds is 30. The zero-order valence-corrected chi connectivity index (χ0v) is 50.3. The highest BCUT2D eigenvalue weighted by atomic mass is 16.5. The fourth-order valence-corrected chi connectivity index (χ4v) is 11.3. The van der Waals surface area contributed by atoms with E-state index in [1.54, 1.807) is 6.20 Å². The number of hydrogen-bond donors (Lipinski definition) is 4. The second kappa shape index (κ2) is 29.8. The van der Waals surface area contributed by atoms with Crippen LogP contribution in [-0.2, 0) is 68.6 Å². The Morgan fingerprint density at radius 1 is 0.432 bits per heavy atom. The van der Waals surface area contributed by atoms with Crippen molar-refractivity contribution in [2.24, 2.45) is 11.5 Å². The molecule has 0 radical (unpaired) electrons. The van der Waals surface area contributed by atoms with Crippen LogP contribution in [0.3, 0.4) is 0 Å². The molecule has 0 spiro atoms. The monoisotopic (exact) mass is 1180 g/mol. The molecule has 1 aromatic heterocycles. The first-order chi connectivity index (χ1) is 42.8. The van der Waals surface area contributed by atoms with Gasteiger partial charge in [-0.05, 0) is 97.0 Å². The SMILES string of the molecule is Cc1cccc(COc2ccccc2CN(CC[C@H](N)C(=O)O)Cc2ccc3cccnc3c2OCc2cccc(Cc3cc(C)cc(COc4ccccc4CN(CC[C@H](N)C(=O)O)Cc4ccc5ccccc5c4OCc4cccc(C)c4)c3)c2)c1. The van der Waals surface area contributed by atoms with Crippen molar-refractivity contribution in [2.45, 2.75) is 105 Å². The van der Waals surface area contributed by atoms with Gasteiger partial charge in [0.1, 0.15) is 61.3 Å². The summed E-state index contributed by atoms with van der Waals surface area (Å²) >= 11 is 0. The number of aliphatic carboxylic acids is 2. The second-order valence-corrected chi connectivity index (χ2v) is 23.0. The molecule has 10 rings (SSSR count). The molecule has 10 aromatic rings. The lowest BCUT2D eigenvalue weighted by Gasteiger charge is -2.26. The number of ether oxygens (including phenoxy) is 4. The largest absolute Gasteiger partial charge is 0.489 e. The predicted molar refractivity (Wildman–Crippen MR) is 347 cm³/mol. The summed E-state index contributed by atoms with van der Waals surface area (Å²) in [4.78, 5) is 33.2. The van der Waals surface area contributed by atoms with E-state index in [9.17, 15) is 19.8 Å². The van der Waals surface area contributed by atoms with Crippen LogP contribution in [0.4, 0.5) is 0 Å². The van der Waals surface area contributed by atoms with Crippen LogP contribution in [0.25, 0.3) is 21.7 Å². The van der Waals surface area contributed by atoms with Gasteiger partial charge in [-0.25, -0.2) is 0 Å². The number of pyridine rings is 1. The van der Waals surface area contributed by atoms with Gasteiger partial charge in [0.2, 0.25) is 0 Å². The minimum Gasteiger partial charge on any atom is -0.489 e. The molecule has 0 aliphatic carbocycles. The topological polar surface area (TPSA) is 183 Å². The molecule has 6 N–H and O–H groups in total. The summed E-state index contributed by atoms with van der Waals surface area (Å²) in [6.45, 7) is 10.4. The average Bonchev–Trinajstić information content (AvgIpc) is 1.30.